The molecular formula is C20H22N6OS. The molecule has 0 saturated heterocycles. The molecule has 0 aliphatic carbocycles. The van der Waals surface area contributed by atoms with Crippen LogP contribution in [0.1, 0.15) is 30.8 Å². The molecule has 4 rings (SSSR count). The van der Waals surface area contributed by atoms with Crippen LogP contribution < -0.4 is 5.73 Å². The number of pyridine rings is 1. The smallest absolute Gasteiger partial charge is 0.172 e. The average molecular weight is 395 g/mol. The van der Waals surface area contributed by atoms with Gasteiger partial charge < -0.3 is 10.8 Å². The van der Waals surface area contributed by atoms with Crippen molar-refractivity contribution in [2.45, 2.75) is 26.0 Å². The highest BCUT2D eigenvalue weighted by atomic mass is 32.1. The molecular weight excluding hydrogens is 372 g/mol. The maximum Gasteiger partial charge on any atom is 0.172 e. The quantitative estimate of drug-likeness (QED) is 0.539. The number of rotatable bonds is 5. The molecule has 144 valence electrons. The van der Waals surface area contributed by atoms with Gasteiger partial charge in [0, 0.05) is 17.0 Å². The predicted octanol–water partition coefficient (Wildman–Crippen LogP) is 2.89. The lowest BCUT2D eigenvalue weighted by molar-refractivity contribution is 0.276. The number of hydrogen-bond acceptors (Lipinski definition) is 6. The summed E-state index contributed by atoms with van der Waals surface area (Å²) in [5.41, 5.74) is 10.2. The Hall–Kier alpha value is -2.81. The van der Waals surface area contributed by atoms with Gasteiger partial charge in [-0.15, -0.1) is 0 Å². The standard InChI is InChI=1S/C20H20N6O.H2S/c1-2-16(21)18-5-3-4-17(25-18)13-6-7-14-9-23-26(19(14)8-13)20-11-22-10-15(12-27)24-20;/h3-11,16,27H,2,12,21H2,1H3;1H2/t16-;/m0./s1. The van der Waals surface area contributed by atoms with Gasteiger partial charge >= 0.3 is 0 Å². The zero-order valence-corrected chi connectivity index (χ0v) is 16.4. The normalized spacial score (nSPS) is 12.0. The Bertz CT molecular complexity index is 1100. The number of aliphatic hydroxyl groups is 1. The first kappa shape index (κ1) is 19.9. The average Bonchev–Trinajstić information content (AvgIpc) is 3.16. The third-order valence-electron chi connectivity index (χ3n) is 4.51. The maximum absolute atomic E-state index is 9.31. The molecule has 0 amide bonds. The second kappa shape index (κ2) is 8.47. The first-order valence-electron chi connectivity index (χ1n) is 8.82. The molecule has 4 aromatic rings. The number of benzene rings is 1. The first-order chi connectivity index (χ1) is 13.2. The summed E-state index contributed by atoms with van der Waals surface area (Å²) in [6.07, 6.45) is 5.77. The SMILES string of the molecule is CC[C@H](N)c1cccc(-c2ccc3cnn(-c4cncc(CO)n4)c3c2)n1.S. The third-order valence-corrected chi connectivity index (χ3v) is 4.51. The van der Waals surface area contributed by atoms with E-state index in [2.05, 4.69) is 15.1 Å². The van der Waals surface area contributed by atoms with Crippen LogP contribution in [0, 0.1) is 0 Å². The molecule has 0 spiro atoms. The van der Waals surface area contributed by atoms with Crippen LogP contribution in [0.25, 0.3) is 28.0 Å². The van der Waals surface area contributed by atoms with Gasteiger partial charge in [0.15, 0.2) is 5.82 Å². The van der Waals surface area contributed by atoms with Gasteiger partial charge in [0.1, 0.15) is 0 Å². The molecule has 1 aromatic carbocycles. The molecule has 1 atom stereocenters. The zero-order valence-electron chi connectivity index (χ0n) is 15.4. The number of nitrogens with zero attached hydrogens (tertiary/aromatic N) is 5. The Morgan fingerprint density at radius 3 is 2.75 bits per heavy atom. The molecule has 0 aliphatic heterocycles. The fourth-order valence-electron chi connectivity index (χ4n) is 2.96. The highest BCUT2D eigenvalue weighted by Crippen LogP contribution is 2.25. The Morgan fingerprint density at radius 1 is 1.11 bits per heavy atom. The van der Waals surface area contributed by atoms with Crippen molar-refractivity contribution < 1.29 is 5.11 Å². The fourth-order valence-corrected chi connectivity index (χ4v) is 2.96. The van der Waals surface area contributed by atoms with E-state index in [-0.39, 0.29) is 26.1 Å². The van der Waals surface area contributed by atoms with Crippen molar-refractivity contribution in [3.05, 3.63) is 66.4 Å². The molecule has 28 heavy (non-hydrogen) atoms. The van der Waals surface area contributed by atoms with Crippen molar-refractivity contribution in [1.29, 1.82) is 0 Å². The summed E-state index contributed by atoms with van der Waals surface area (Å²) < 4.78 is 1.71. The summed E-state index contributed by atoms with van der Waals surface area (Å²) >= 11 is 0. The van der Waals surface area contributed by atoms with E-state index < -0.39 is 0 Å². The van der Waals surface area contributed by atoms with Gasteiger partial charge in [-0.2, -0.15) is 18.6 Å². The van der Waals surface area contributed by atoms with Gasteiger partial charge in [-0.25, -0.2) is 9.67 Å². The van der Waals surface area contributed by atoms with Crippen molar-refractivity contribution in [3.8, 4) is 17.1 Å². The van der Waals surface area contributed by atoms with E-state index in [1.807, 2.05) is 43.3 Å². The maximum atomic E-state index is 9.31. The highest BCUT2D eigenvalue weighted by Gasteiger charge is 2.11. The first-order valence-corrected chi connectivity index (χ1v) is 8.82. The predicted molar refractivity (Wildman–Crippen MR) is 113 cm³/mol. The van der Waals surface area contributed by atoms with E-state index in [0.717, 1.165) is 34.3 Å². The molecule has 0 unspecified atom stereocenters. The number of hydrogen-bond donors (Lipinski definition) is 2. The molecule has 0 aliphatic rings. The molecule has 3 N–H and O–H groups in total. The van der Waals surface area contributed by atoms with Crippen LogP contribution in [-0.2, 0) is 6.61 Å². The molecule has 7 nitrogen and oxygen atoms in total. The van der Waals surface area contributed by atoms with E-state index in [1.165, 1.54) is 6.20 Å². The van der Waals surface area contributed by atoms with Crippen molar-refractivity contribution in [2.24, 2.45) is 5.73 Å². The third kappa shape index (κ3) is 3.75. The Morgan fingerprint density at radius 2 is 1.96 bits per heavy atom. The van der Waals surface area contributed by atoms with Crippen LogP contribution in [0.2, 0.25) is 0 Å². The molecule has 3 aromatic heterocycles. The van der Waals surface area contributed by atoms with Crippen molar-refractivity contribution in [3.63, 3.8) is 0 Å². The van der Waals surface area contributed by atoms with Crippen LogP contribution in [0.5, 0.6) is 0 Å². The fraction of sp³-hybridized carbons (Fsp3) is 0.200. The Balaban J connectivity index is 0.00000225. The summed E-state index contributed by atoms with van der Waals surface area (Å²) in [5, 5.41) is 14.7. The van der Waals surface area contributed by atoms with Crippen molar-refractivity contribution >= 4 is 24.4 Å². The number of aliphatic hydroxyl groups excluding tert-OH is 1. The van der Waals surface area contributed by atoms with Gasteiger partial charge in [0.05, 0.1) is 47.8 Å². The van der Waals surface area contributed by atoms with Gasteiger partial charge in [0.2, 0.25) is 0 Å². The molecule has 0 radical (unpaired) electrons. The molecule has 0 fully saturated rings. The van der Waals surface area contributed by atoms with Gasteiger partial charge in [-0.3, -0.25) is 9.97 Å². The lowest BCUT2D eigenvalue weighted by Gasteiger charge is -2.10. The monoisotopic (exact) mass is 394 g/mol. The van der Waals surface area contributed by atoms with E-state index >= 15 is 0 Å². The number of nitrogens with two attached hydrogens (primary N) is 1. The molecule has 3 heterocycles. The molecule has 0 bridgehead atoms. The summed E-state index contributed by atoms with van der Waals surface area (Å²) in [4.78, 5) is 13.2. The minimum absolute atomic E-state index is 0. The number of aromatic nitrogens is 5. The van der Waals surface area contributed by atoms with Gasteiger partial charge in [-0.05, 0) is 24.6 Å². The van der Waals surface area contributed by atoms with Crippen LogP contribution in [-0.4, -0.2) is 29.8 Å². The summed E-state index contributed by atoms with van der Waals surface area (Å²) in [5.74, 6) is 0.559. The highest BCUT2D eigenvalue weighted by molar-refractivity contribution is 7.59. The number of fused-ring (bicyclic) bond motifs is 1. The van der Waals surface area contributed by atoms with Gasteiger partial charge in [-0.1, -0.05) is 25.1 Å². The van der Waals surface area contributed by atoms with E-state index in [9.17, 15) is 5.11 Å². The second-order valence-electron chi connectivity index (χ2n) is 6.32. The minimum Gasteiger partial charge on any atom is -0.390 e. The van der Waals surface area contributed by atoms with Crippen LogP contribution in [0.4, 0.5) is 0 Å². The van der Waals surface area contributed by atoms with Crippen LogP contribution in [0.15, 0.2) is 55.0 Å². The Labute approximate surface area is 169 Å². The second-order valence-corrected chi connectivity index (χ2v) is 6.32. The topological polar surface area (TPSA) is 103 Å². The van der Waals surface area contributed by atoms with E-state index in [0.29, 0.717) is 11.5 Å². The largest absolute Gasteiger partial charge is 0.390 e. The molecule has 8 heteroatoms. The summed E-state index contributed by atoms with van der Waals surface area (Å²) in [6.45, 7) is 1.88. The zero-order chi connectivity index (χ0) is 18.8. The minimum atomic E-state index is -0.167. The Kier molecular flexibility index (Phi) is 6.03. The van der Waals surface area contributed by atoms with E-state index in [4.69, 9.17) is 10.7 Å². The summed E-state index contributed by atoms with van der Waals surface area (Å²) in [7, 11) is 0. The van der Waals surface area contributed by atoms with Gasteiger partial charge in [0.25, 0.3) is 0 Å². The van der Waals surface area contributed by atoms with Crippen molar-refractivity contribution in [2.75, 3.05) is 0 Å². The summed E-state index contributed by atoms with van der Waals surface area (Å²) in [6, 6.07) is 11.9. The molecule has 0 saturated carbocycles. The van der Waals surface area contributed by atoms with Crippen LogP contribution >= 0.6 is 13.5 Å². The van der Waals surface area contributed by atoms with Crippen LogP contribution in [0.3, 0.4) is 0 Å². The van der Waals surface area contributed by atoms with E-state index in [1.54, 1.807) is 17.1 Å². The van der Waals surface area contributed by atoms with Crippen molar-refractivity contribution in [1.82, 2.24) is 24.7 Å². The lowest BCUT2D eigenvalue weighted by atomic mass is 10.1. The lowest BCUT2D eigenvalue weighted by Crippen LogP contribution is -2.10.